The van der Waals surface area contributed by atoms with E-state index in [4.69, 9.17) is 0 Å². The summed E-state index contributed by atoms with van der Waals surface area (Å²) in [6.07, 6.45) is 4.05. The number of methoxy groups -OCH3 is 2. The molecule has 28 heavy (non-hydrogen) atoms. The van der Waals surface area contributed by atoms with E-state index in [0.717, 1.165) is 0 Å². The molecule has 1 aromatic rings. The first kappa shape index (κ1) is 24.8. The number of hydrogen-bond acceptors (Lipinski definition) is 6. The summed E-state index contributed by atoms with van der Waals surface area (Å²) in [4.78, 5) is 44.4. The van der Waals surface area contributed by atoms with E-state index in [1.807, 2.05) is 25.1 Å². The van der Waals surface area contributed by atoms with Crippen molar-refractivity contribution in [2.24, 2.45) is 0 Å². The Hall–Kier alpha value is -3.16. The lowest BCUT2D eigenvalue weighted by Gasteiger charge is -2.14. The molecule has 0 saturated heterocycles. The zero-order chi connectivity index (χ0) is 21.5. The maximum Gasteiger partial charge on any atom is 0.328 e. The highest BCUT2D eigenvalue weighted by atomic mass is 16.5. The smallest absolute Gasteiger partial charge is 0.328 e. The lowest BCUT2D eigenvalue weighted by Crippen LogP contribution is -2.41. The third kappa shape index (κ3) is 10.1. The number of allylic oxidation sites excluding steroid dienone is 1. The Kier molecular flexibility index (Phi) is 12.4. The van der Waals surface area contributed by atoms with Crippen molar-refractivity contribution in [2.75, 3.05) is 14.2 Å². The van der Waals surface area contributed by atoms with Crippen molar-refractivity contribution in [3.63, 3.8) is 0 Å². The molecule has 154 valence electrons. The van der Waals surface area contributed by atoms with Gasteiger partial charge in [-0.05, 0) is 32.4 Å². The van der Waals surface area contributed by atoms with Gasteiger partial charge in [-0.25, -0.2) is 9.59 Å². The molecule has 1 aromatic carbocycles. The first-order valence-corrected chi connectivity index (χ1v) is 8.66. The summed E-state index contributed by atoms with van der Waals surface area (Å²) in [5.74, 6) is -1.40. The Morgan fingerprint density at radius 2 is 1.57 bits per heavy atom. The number of rotatable bonds is 7. The normalized spacial score (nSPS) is 12.0. The molecule has 8 nitrogen and oxygen atoms in total. The summed E-state index contributed by atoms with van der Waals surface area (Å²) in [6, 6.07) is 7.55. The lowest BCUT2D eigenvalue weighted by atomic mass is 10.1. The van der Waals surface area contributed by atoms with E-state index in [0.29, 0.717) is 12.0 Å². The average molecular weight is 392 g/mol. The first-order chi connectivity index (χ1) is 13.3. The summed E-state index contributed by atoms with van der Waals surface area (Å²) >= 11 is 0. The number of amides is 2. The van der Waals surface area contributed by atoms with Gasteiger partial charge in [0.15, 0.2) is 0 Å². The van der Waals surface area contributed by atoms with Crippen LogP contribution in [0.3, 0.4) is 0 Å². The fourth-order valence-corrected chi connectivity index (χ4v) is 2.00. The fourth-order valence-electron chi connectivity index (χ4n) is 2.00. The summed E-state index contributed by atoms with van der Waals surface area (Å²) in [7, 11) is 2.58. The number of ether oxygens (including phenoxy) is 2. The molecule has 2 amide bonds. The van der Waals surface area contributed by atoms with Gasteiger partial charge in [0, 0.05) is 12.5 Å². The first-order valence-electron chi connectivity index (χ1n) is 8.66. The fraction of sp³-hybridized carbons (Fsp3) is 0.400. The quantitative estimate of drug-likeness (QED) is 0.539. The molecule has 0 saturated carbocycles. The predicted octanol–water partition coefficient (Wildman–Crippen LogP) is 1.61. The molecule has 0 bridgehead atoms. The minimum absolute atomic E-state index is 0.238. The third-order valence-electron chi connectivity index (χ3n) is 3.41. The standard InChI is InChI=1S/C14H17NO3.C6H11NO3/c1-3-4-10-12(14(17)18-2)15-13(16)11-8-6-5-7-9-11;1-4(6(9)10-3)7-5(2)8/h3-9,12H,10H2,1-2H3,(H,15,16);4H,1-3H3,(H,7,8)/b4-3+;. The van der Waals surface area contributed by atoms with Crippen molar-refractivity contribution in [3.8, 4) is 0 Å². The van der Waals surface area contributed by atoms with Crippen LogP contribution in [0.2, 0.25) is 0 Å². The highest BCUT2D eigenvalue weighted by molar-refractivity contribution is 5.96. The monoisotopic (exact) mass is 392 g/mol. The third-order valence-corrected chi connectivity index (χ3v) is 3.41. The van der Waals surface area contributed by atoms with Crippen LogP contribution < -0.4 is 10.6 Å². The molecule has 2 atom stereocenters. The zero-order valence-electron chi connectivity index (χ0n) is 16.9. The van der Waals surface area contributed by atoms with Gasteiger partial charge in [0.05, 0.1) is 14.2 Å². The number of esters is 2. The maximum atomic E-state index is 11.9. The van der Waals surface area contributed by atoms with Crippen molar-refractivity contribution in [1.29, 1.82) is 0 Å². The Labute approximate surface area is 165 Å². The van der Waals surface area contributed by atoms with Gasteiger partial charge in [-0.2, -0.15) is 0 Å². The van der Waals surface area contributed by atoms with Gasteiger partial charge in [0.2, 0.25) is 5.91 Å². The van der Waals surface area contributed by atoms with Crippen LogP contribution in [0.25, 0.3) is 0 Å². The van der Waals surface area contributed by atoms with Crippen molar-refractivity contribution >= 4 is 23.8 Å². The van der Waals surface area contributed by atoms with Gasteiger partial charge in [-0.15, -0.1) is 0 Å². The minimum Gasteiger partial charge on any atom is -0.467 e. The van der Waals surface area contributed by atoms with E-state index in [2.05, 4.69) is 20.1 Å². The van der Waals surface area contributed by atoms with Crippen LogP contribution in [0.1, 0.15) is 37.6 Å². The van der Waals surface area contributed by atoms with Gasteiger partial charge in [0.1, 0.15) is 12.1 Å². The van der Waals surface area contributed by atoms with Crippen molar-refractivity contribution < 1.29 is 28.7 Å². The van der Waals surface area contributed by atoms with Gasteiger partial charge >= 0.3 is 11.9 Å². The van der Waals surface area contributed by atoms with Crippen molar-refractivity contribution in [3.05, 3.63) is 48.0 Å². The SMILES string of the molecule is C/C=C/CC(NC(=O)c1ccccc1)C(=O)OC.COC(=O)C(C)NC(C)=O. The predicted molar refractivity (Wildman–Crippen MR) is 104 cm³/mol. The summed E-state index contributed by atoms with van der Waals surface area (Å²) < 4.78 is 9.02. The molecule has 0 heterocycles. The molecule has 0 fully saturated rings. The van der Waals surface area contributed by atoms with E-state index >= 15 is 0 Å². The highest BCUT2D eigenvalue weighted by Gasteiger charge is 2.20. The molecule has 2 N–H and O–H groups in total. The number of benzene rings is 1. The van der Waals surface area contributed by atoms with Crippen molar-refractivity contribution in [2.45, 2.75) is 39.3 Å². The lowest BCUT2D eigenvalue weighted by molar-refractivity contribution is -0.144. The molecule has 0 radical (unpaired) electrons. The van der Waals surface area contributed by atoms with Crippen LogP contribution in [-0.2, 0) is 23.9 Å². The van der Waals surface area contributed by atoms with Gasteiger partial charge in [-0.1, -0.05) is 30.4 Å². The molecule has 0 aromatic heterocycles. The van der Waals surface area contributed by atoms with Crippen LogP contribution in [0, 0.1) is 0 Å². The molecule has 0 aliphatic carbocycles. The number of carbonyl (C=O) groups is 4. The largest absolute Gasteiger partial charge is 0.467 e. The Morgan fingerprint density at radius 3 is 2.04 bits per heavy atom. The molecular weight excluding hydrogens is 364 g/mol. The van der Waals surface area contributed by atoms with E-state index in [9.17, 15) is 19.2 Å². The molecule has 0 aliphatic heterocycles. The minimum atomic E-state index is -0.654. The molecule has 2 unspecified atom stereocenters. The molecule has 8 heteroatoms. The van der Waals surface area contributed by atoms with Crippen molar-refractivity contribution in [1.82, 2.24) is 10.6 Å². The van der Waals surface area contributed by atoms with Crippen LogP contribution in [0.15, 0.2) is 42.5 Å². The van der Waals surface area contributed by atoms with E-state index < -0.39 is 24.0 Å². The summed E-state index contributed by atoms with van der Waals surface area (Å²) in [5, 5.41) is 5.03. The molecule has 1 rings (SSSR count). The molecule has 0 spiro atoms. The average Bonchev–Trinajstić information content (AvgIpc) is 2.70. The number of carbonyl (C=O) groups excluding carboxylic acids is 4. The topological polar surface area (TPSA) is 111 Å². The second kappa shape index (κ2) is 14.0. The second-order valence-electron chi connectivity index (χ2n) is 5.67. The van der Waals surface area contributed by atoms with Gasteiger partial charge in [-0.3, -0.25) is 9.59 Å². The van der Waals surface area contributed by atoms with Gasteiger partial charge < -0.3 is 20.1 Å². The Bertz CT molecular complexity index is 673. The van der Waals surface area contributed by atoms with Gasteiger partial charge in [0.25, 0.3) is 5.91 Å². The zero-order valence-corrected chi connectivity index (χ0v) is 16.9. The van der Waals surface area contributed by atoms with E-state index in [-0.39, 0.29) is 11.8 Å². The molecule has 0 aliphatic rings. The van der Waals surface area contributed by atoms with E-state index in [1.165, 1.54) is 21.1 Å². The highest BCUT2D eigenvalue weighted by Crippen LogP contribution is 2.02. The second-order valence-corrected chi connectivity index (χ2v) is 5.67. The number of nitrogens with one attached hydrogen (secondary N) is 2. The Morgan fingerprint density at radius 1 is 1.00 bits per heavy atom. The van der Waals surface area contributed by atoms with Crippen LogP contribution in [0.5, 0.6) is 0 Å². The van der Waals surface area contributed by atoms with Crippen LogP contribution in [-0.4, -0.2) is 50.1 Å². The molecular formula is C20H28N2O6. The Balaban J connectivity index is 0.000000621. The number of hydrogen-bond donors (Lipinski definition) is 2. The maximum absolute atomic E-state index is 11.9. The summed E-state index contributed by atoms with van der Waals surface area (Å²) in [6.45, 7) is 4.76. The van der Waals surface area contributed by atoms with Crippen LogP contribution in [0.4, 0.5) is 0 Å². The van der Waals surface area contributed by atoms with E-state index in [1.54, 1.807) is 31.2 Å². The summed E-state index contributed by atoms with van der Waals surface area (Å²) in [5.41, 5.74) is 0.520. The van der Waals surface area contributed by atoms with Crippen LogP contribution >= 0.6 is 0 Å².